The summed E-state index contributed by atoms with van der Waals surface area (Å²) in [5.74, 6) is 2.14. The van der Waals surface area contributed by atoms with Gasteiger partial charge in [0.25, 0.3) is 0 Å². The van der Waals surface area contributed by atoms with E-state index in [1.807, 2.05) is 19.2 Å². The van der Waals surface area contributed by atoms with Crippen LogP contribution in [-0.2, 0) is 9.47 Å². The molecule has 5 heteroatoms. The fourth-order valence-electron chi connectivity index (χ4n) is 5.35. The summed E-state index contributed by atoms with van der Waals surface area (Å²) < 4.78 is 19.8. The Hall–Kier alpha value is -1.36. The van der Waals surface area contributed by atoms with Gasteiger partial charge in [0.1, 0.15) is 0 Å². The summed E-state index contributed by atoms with van der Waals surface area (Å²) in [6, 6.07) is 19.1. The maximum absolute atomic E-state index is 6.88. The summed E-state index contributed by atoms with van der Waals surface area (Å²) >= 11 is 0.169. The second kappa shape index (κ2) is 10.3. The van der Waals surface area contributed by atoms with Crippen LogP contribution >= 0.6 is 0 Å². The molecule has 174 valence electrons. The van der Waals surface area contributed by atoms with Crippen LogP contribution < -0.4 is 14.5 Å². The predicted molar refractivity (Wildman–Crippen MR) is 131 cm³/mol. The normalized spacial score (nSPS) is 29.0. The molecule has 2 aromatic carbocycles. The van der Waals surface area contributed by atoms with Gasteiger partial charge >= 0.3 is 200 Å². The van der Waals surface area contributed by atoms with E-state index < -0.39 is 0 Å². The zero-order valence-electron chi connectivity index (χ0n) is 19.9. The molecule has 1 heterocycles. The molecule has 0 unspecified atom stereocenters. The van der Waals surface area contributed by atoms with Gasteiger partial charge < -0.3 is 0 Å². The summed E-state index contributed by atoms with van der Waals surface area (Å²) in [6.07, 6.45) is 3.87. The number of benzene rings is 2. The van der Waals surface area contributed by atoms with Crippen LogP contribution in [0.25, 0.3) is 0 Å². The first kappa shape index (κ1) is 23.8. The second-order valence-corrected chi connectivity index (χ2v) is 12.4. The third kappa shape index (κ3) is 5.24. The van der Waals surface area contributed by atoms with Crippen LogP contribution in [0.5, 0.6) is 5.75 Å². The zero-order chi connectivity index (χ0) is 22.7. The van der Waals surface area contributed by atoms with E-state index in [4.69, 9.17) is 14.2 Å². The van der Waals surface area contributed by atoms with Gasteiger partial charge in [-0.1, -0.05) is 0 Å². The molecule has 0 aromatic heterocycles. The van der Waals surface area contributed by atoms with Gasteiger partial charge in [-0.3, -0.25) is 0 Å². The summed E-state index contributed by atoms with van der Waals surface area (Å²) in [7, 11) is 3.52. The Balaban J connectivity index is 1.66. The molecule has 1 saturated heterocycles. The molecule has 0 spiro atoms. The zero-order valence-corrected chi connectivity index (χ0v) is 21.6. The van der Waals surface area contributed by atoms with E-state index in [9.17, 15) is 0 Å². The van der Waals surface area contributed by atoms with E-state index in [1.54, 1.807) is 7.11 Å². The minimum atomic E-state index is -0.0630. The molecule has 0 bridgehead atoms. The number of hydrogen-bond donors (Lipinski definition) is 1. The second-order valence-electron chi connectivity index (χ2n) is 9.81. The van der Waals surface area contributed by atoms with Crippen LogP contribution in [-0.4, -0.2) is 47.0 Å². The molecular formula is C27H37NO3Se. The molecule has 1 N–H and O–H groups in total. The van der Waals surface area contributed by atoms with Gasteiger partial charge in [0.15, 0.2) is 0 Å². The Bertz CT molecular complexity index is 857. The summed E-state index contributed by atoms with van der Waals surface area (Å²) in [5, 5.41) is 3.92. The van der Waals surface area contributed by atoms with E-state index in [1.165, 1.54) is 22.9 Å². The SMILES string of the molecule is COc1ccc([C@@H](OC)[C@@H]([Se]c2ccccc2)[C@H]2NC(C)(C)[C@@H]3CC[C@@H](C)C[C@H]3O2)cc1. The first-order chi connectivity index (χ1) is 15.4. The first-order valence-electron chi connectivity index (χ1n) is 11.7. The maximum atomic E-state index is 6.88. The van der Waals surface area contributed by atoms with E-state index in [-0.39, 0.29) is 37.6 Å². The minimum absolute atomic E-state index is 0.0386. The van der Waals surface area contributed by atoms with Gasteiger partial charge in [-0.25, -0.2) is 0 Å². The fourth-order valence-corrected chi connectivity index (χ4v) is 8.03. The van der Waals surface area contributed by atoms with Gasteiger partial charge in [-0.15, -0.1) is 0 Å². The topological polar surface area (TPSA) is 39.7 Å². The van der Waals surface area contributed by atoms with Crippen molar-refractivity contribution < 1.29 is 14.2 Å². The summed E-state index contributed by atoms with van der Waals surface area (Å²) in [6.45, 7) is 7.08. The quantitative estimate of drug-likeness (QED) is 0.556. The molecule has 6 atom stereocenters. The Morgan fingerprint density at radius 2 is 1.75 bits per heavy atom. The van der Waals surface area contributed by atoms with Crippen LogP contribution in [0.1, 0.15) is 51.7 Å². The molecule has 2 aromatic rings. The van der Waals surface area contributed by atoms with Gasteiger partial charge in [0.05, 0.1) is 0 Å². The standard InChI is InChI=1S/C27H37NO3Se/c1-18-11-16-22-23(17-18)31-26(28-27(22,2)3)25(32-21-9-7-6-8-10-21)24(30-5)19-12-14-20(29-4)15-13-19/h6-10,12-15,18,22-26,28H,11,16-17H2,1-5H3/t18-,22-,23-,24-,25-,26+/m1/s1. The van der Waals surface area contributed by atoms with Crippen molar-refractivity contribution in [3.05, 3.63) is 60.2 Å². The van der Waals surface area contributed by atoms with Crippen molar-refractivity contribution in [3.8, 4) is 5.75 Å². The van der Waals surface area contributed by atoms with Gasteiger partial charge in [0, 0.05) is 0 Å². The van der Waals surface area contributed by atoms with Crippen LogP contribution in [0, 0.1) is 11.8 Å². The average Bonchev–Trinajstić information content (AvgIpc) is 2.79. The molecule has 0 radical (unpaired) electrons. The number of ether oxygens (including phenoxy) is 3. The number of nitrogens with one attached hydrogen (secondary N) is 1. The molecular weight excluding hydrogens is 465 g/mol. The van der Waals surface area contributed by atoms with Crippen molar-refractivity contribution in [2.45, 2.75) is 68.8 Å². The van der Waals surface area contributed by atoms with E-state index in [2.05, 4.69) is 68.6 Å². The summed E-state index contributed by atoms with van der Waals surface area (Å²) in [5.41, 5.74) is 1.20. The van der Waals surface area contributed by atoms with E-state index >= 15 is 0 Å². The Kier molecular flexibility index (Phi) is 7.64. The van der Waals surface area contributed by atoms with Gasteiger partial charge in [-0.05, 0) is 0 Å². The monoisotopic (exact) mass is 503 g/mol. The van der Waals surface area contributed by atoms with Crippen LogP contribution in [0.2, 0.25) is 4.82 Å². The molecule has 1 saturated carbocycles. The molecule has 32 heavy (non-hydrogen) atoms. The van der Waals surface area contributed by atoms with Crippen molar-refractivity contribution in [2.24, 2.45) is 11.8 Å². The molecule has 1 aliphatic heterocycles. The van der Waals surface area contributed by atoms with Crippen LogP contribution in [0.3, 0.4) is 0 Å². The Labute approximate surface area is 199 Å². The molecule has 2 fully saturated rings. The molecule has 4 rings (SSSR count). The summed E-state index contributed by atoms with van der Waals surface area (Å²) in [4.78, 5) is 0.195. The first-order valence-corrected chi connectivity index (χ1v) is 13.6. The fraction of sp³-hybridized carbons (Fsp3) is 0.556. The molecule has 0 amide bonds. The number of hydrogen-bond acceptors (Lipinski definition) is 4. The van der Waals surface area contributed by atoms with Crippen LogP contribution in [0.4, 0.5) is 0 Å². The Morgan fingerprint density at radius 1 is 1.03 bits per heavy atom. The molecule has 1 aliphatic carbocycles. The van der Waals surface area contributed by atoms with Gasteiger partial charge in [-0.2, -0.15) is 0 Å². The van der Waals surface area contributed by atoms with Crippen molar-refractivity contribution in [1.82, 2.24) is 5.32 Å². The third-order valence-corrected chi connectivity index (χ3v) is 9.88. The Morgan fingerprint density at radius 3 is 2.41 bits per heavy atom. The van der Waals surface area contributed by atoms with E-state index in [0.29, 0.717) is 12.0 Å². The van der Waals surface area contributed by atoms with E-state index in [0.717, 1.165) is 18.1 Å². The van der Waals surface area contributed by atoms with Crippen molar-refractivity contribution >= 4 is 19.4 Å². The number of rotatable bonds is 7. The van der Waals surface area contributed by atoms with Gasteiger partial charge in [0.2, 0.25) is 0 Å². The predicted octanol–water partition coefficient (Wildman–Crippen LogP) is 4.73. The number of fused-ring (bicyclic) bond motifs is 1. The molecule has 2 aliphatic rings. The average molecular weight is 503 g/mol. The van der Waals surface area contributed by atoms with Crippen molar-refractivity contribution in [3.63, 3.8) is 0 Å². The van der Waals surface area contributed by atoms with Crippen molar-refractivity contribution in [2.75, 3.05) is 14.2 Å². The van der Waals surface area contributed by atoms with Crippen molar-refractivity contribution in [1.29, 1.82) is 0 Å². The third-order valence-electron chi connectivity index (χ3n) is 7.13. The number of methoxy groups -OCH3 is 2. The van der Waals surface area contributed by atoms with Crippen LogP contribution in [0.15, 0.2) is 54.6 Å². The molecule has 4 nitrogen and oxygen atoms in total.